The zero-order valence-electron chi connectivity index (χ0n) is 39.1. The summed E-state index contributed by atoms with van der Waals surface area (Å²) in [6.07, 6.45) is -3.26. The normalized spacial score (nSPS) is 12.4. The minimum atomic E-state index is -1.15. The second-order valence-corrected chi connectivity index (χ2v) is 20.7. The van der Waals surface area contributed by atoms with Crippen molar-refractivity contribution >= 4 is 75.5 Å². The molecular formula is C49H52N4O11S2. The van der Waals surface area contributed by atoms with Crippen LogP contribution in [0.25, 0.3) is 43.0 Å². The minimum Gasteiger partial charge on any atom is -0.496 e. The van der Waals surface area contributed by atoms with Crippen molar-refractivity contribution in [2.24, 2.45) is 0 Å². The van der Waals surface area contributed by atoms with Crippen molar-refractivity contribution in [3.05, 3.63) is 87.1 Å². The highest BCUT2D eigenvalue weighted by atomic mass is 32.1. The van der Waals surface area contributed by atoms with Crippen LogP contribution in [-0.2, 0) is 25.6 Å². The fourth-order valence-corrected chi connectivity index (χ4v) is 9.15. The van der Waals surface area contributed by atoms with Crippen LogP contribution in [0.2, 0.25) is 0 Å². The Morgan fingerprint density at radius 3 is 2.00 bits per heavy atom. The maximum absolute atomic E-state index is 14.9. The number of methoxy groups -OCH3 is 2. The molecule has 1 aliphatic heterocycles. The summed E-state index contributed by atoms with van der Waals surface area (Å²) in [6, 6.07) is 15.2. The van der Waals surface area contributed by atoms with E-state index < -0.39 is 52.9 Å². The molecule has 3 amide bonds. The first-order chi connectivity index (χ1) is 30.9. The summed E-state index contributed by atoms with van der Waals surface area (Å²) in [6.45, 7) is 19.2. The third kappa shape index (κ3) is 9.63. The van der Waals surface area contributed by atoms with E-state index in [0.717, 1.165) is 35.9 Å². The summed E-state index contributed by atoms with van der Waals surface area (Å²) in [4.78, 5) is 78.3. The number of ether oxygens (including phenoxy) is 6. The first-order valence-electron chi connectivity index (χ1n) is 21.0. The number of thiophene rings is 2. The van der Waals surface area contributed by atoms with Gasteiger partial charge in [0.2, 0.25) is 5.95 Å². The molecule has 7 rings (SSSR count). The molecule has 0 aliphatic carbocycles. The number of nitrogens with one attached hydrogen (secondary N) is 1. The zero-order chi connectivity index (χ0) is 48.2. The Labute approximate surface area is 390 Å². The van der Waals surface area contributed by atoms with E-state index in [9.17, 15) is 24.0 Å². The predicted molar refractivity (Wildman–Crippen MR) is 254 cm³/mol. The number of imide groups is 1. The summed E-state index contributed by atoms with van der Waals surface area (Å²) < 4.78 is 35.5. The summed E-state index contributed by atoms with van der Waals surface area (Å²) >= 11 is 3.08. The molecule has 346 valence electrons. The SMILES string of the molecule is COC(=O)c1cc2c(cc1-c1cc(OC)c(-c3cccs3)cc1C(=O)Nc1ccc3c(c1)nc(N(C(=O)OC(C)(C)C)C(=O)OC(C)(C)C)n3C(=O)OC(C)(C)C)OCc1c-2sc(C)c1C. The average Bonchev–Trinajstić information content (AvgIpc) is 3.95. The number of hydrogen-bond acceptors (Lipinski definition) is 14. The lowest BCUT2D eigenvalue weighted by Crippen LogP contribution is -2.45. The van der Waals surface area contributed by atoms with E-state index in [1.54, 1.807) is 97.9 Å². The van der Waals surface area contributed by atoms with Gasteiger partial charge in [-0.15, -0.1) is 27.6 Å². The Hall–Kier alpha value is -6.72. The highest BCUT2D eigenvalue weighted by Gasteiger charge is 2.39. The number of amides is 3. The number of esters is 1. The number of anilines is 2. The fraction of sp³-hybridized carbons (Fsp3) is 0.347. The molecule has 66 heavy (non-hydrogen) atoms. The largest absolute Gasteiger partial charge is 0.496 e. The van der Waals surface area contributed by atoms with Gasteiger partial charge in [0.1, 0.15) is 34.9 Å². The lowest BCUT2D eigenvalue weighted by Gasteiger charge is -2.28. The molecule has 0 spiro atoms. The molecular weight excluding hydrogens is 885 g/mol. The summed E-state index contributed by atoms with van der Waals surface area (Å²) in [7, 11) is 2.83. The average molecular weight is 937 g/mol. The second kappa shape index (κ2) is 17.6. The topological polar surface area (TPSA) is 174 Å². The number of hydrogen-bond donors (Lipinski definition) is 1. The van der Waals surface area contributed by atoms with Crippen LogP contribution in [0.4, 0.5) is 26.0 Å². The number of nitrogens with zero attached hydrogens (tertiary/aromatic N) is 3. The number of aryl methyl sites for hydroxylation is 1. The van der Waals surface area contributed by atoms with Gasteiger partial charge in [-0.05, 0) is 141 Å². The Kier molecular flexibility index (Phi) is 12.6. The van der Waals surface area contributed by atoms with Crippen molar-refractivity contribution in [2.75, 3.05) is 24.4 Å². The van der Waals surface area contributed by atoms with E-state index in [1.807, 2.05) is 31.4 Å². The number of fused-ring (bicyclic) bond motifs is 4. The standard InChI is InChI=1S/C49H52N4O11S2/c1-25-26(2)66-40-33-21-31(42(55)60-13)29(23-38(33)61-24-34(25)40)28-22-37(59-12)32(39-15-14-18-65-39)20-30(28)41(54)50-27-16-17-36-35(19-27)51-43(52(36)44(56)62-47(3,4)5)53(45(57)63-48(6,7)8)46(58)64-49(9,10)11/h14-23H,24H2,1-13H3,(H,50,54). The Morgan fingerprint density at radius 1 is 0.773 bits per heavy atom. The Balaban J connectivity index is 1.39. The molecule has 4 heterocycles. The van der Waals surface area contributed by atoms with Crippen molar-refractivity contribution in [1.29, 1.82) is 0 Å². The molecule has 0 saturated carbocycles. The molecule has 3 aromatic heterocycles. The lowest BCUT2D eigenvalue weighted by molar-refractivity contribution is 0.0422. The molecule has 0 radical (unpaired) electrons. The number of carbonyl (C=O) groups is 5. The van der Waals surface area contributed by atoms with E-state index in [4.69, 9.17) is 28.4 Å². The van der Waals surface area contributed by atoms with Gasteiger partial charge in [-0.25, -0.2) is 28.7 Å². The number of rotatable bonds is 7. The van der Waals surface area contributed by atoms with Crippen LogP contribution < -0.4 is 19.7 Å². The van der Waals surface area contributed by atoms with Crippen LogP contribution in [0, 0.1) is 13.8 Å². The molecule has 1 N–H and O–H groups in total. The van der Waals surface area contributed by atoms with Gasteiger partial charge in [0, 0.05) is 48.1 Å². The third-order valence-electron chi connectivity index (χ3n) is 10.1. The van der Waals surface area contributed by atoms with E-state index in [1.165, 1.54) is 43.8 Å². The van der Waals surface area contributed by atoms with Gasteiger partial charge in [0.25, 0.3) is 5.91 Å². The monoisotopic (exact) mass is 936 g/mol. The summed E-state index contributed by atoms with van der Waals surface area (Å²) in [5.41, 5.74) is 2.00. The maximum atomic E-state index is 14.9. The number of carbonyl (C=O) groups excluding carboxylic acids is 5. The van der Waals surface area contributed by atoms with Crippen LogP contribution in [0.3, 0.4) is 0 Å². The van der Waals surface area contributed by atoms with Crippen LogP contribution >= 0.6 is 22.7 Å². The van der Waals surface area contributed by atoms with Gasteiger partial charge in [-0.1, -0.05) is 6.07 Å². The molecule has 15 nitrogen and oxygen atoms in total. The molecule has 0 bridgehead atoms. The minimum absolute atomic E-state index is 0.0956. The predicted octanol–water partition coefficient (Wildman–Crippen LogP) is 12.2. The molecule has 0 saturated heterocycles. The van der Waals surface area contributed by atoms with Crippen molar-refractivity contribution in [2.45, 2.75) is 99.6 Å². The van der Waals surface area contributed by atoms with Gasteiger partial charge in [0.15, 0.2) is 0 Å². The number of imidazole rings is 1. The molecule has 6 aromatic rings. The lowest BCUT2D eigenvalue weighted by atomic mass is 9.89. The van der Waals surface area contributed by atoms with E-state index in [0.29, 0.717) is 39.7 Å². The fourth-order valence-electron chi connectivity index (χ4n) is 7.21. The molecule has 17 heteroatoms. The molecule has 0 unspecified atom stereocenters. The first kappa shape index (κ1) is 47.2. The van der Waals surface area contributed by atoms with E-state index >= 15 is 0 Å². The van der Waals surface area contributed by atoms with Gasteiger partial charge < -0.3 is 33.7 Å². The van der Waals surface area contributed by atoms with Crippen LogP contribution in [0.1, 0.15) is 99.0 Å². The summed E-state index contributed by atoms with van der Waals surface area (Å²) in [5, 5.41) is 4.88. The van der Waals surface area contributed by atoms with Gasteiger partial charge >= 0.3 is 24.2 Å². The third-order valence-corrected chi connectivity index (χ3v) is 12.3. The van der Waals surface area contributed by atoms with E-state index in [-0.39, 0.29) is 27.8 Å². The smallest absolute Gasteiger partial charge is 0.427 e. The Morgan fingerprint density at radius 2 is 1.41 bits per heavy atom. The zero-order valence-corrected chi connectivity index (χ0v) is 40.8. The number of benzene rings is 3. The number of aromatic nitrogens is 2. The maximum Gasteiger partial charge on any atom is 0.427 e. The van der Waals surface area contributed by atoms with Crippen molar-refractivity contribution < 1.29 is 52.4 Å². The van der Waals surface area contributed by atoms with Crippen LogP contribution in [0.15, 0.2) is 60.0 Å². The molecule has 0 fully saturated rings. The van der Waals surface area contributed by atoms with Crippen LogP contribution in [-0.4, -0.2) is 70.7 Å². The quantitative estimate of drug-likeness (QED) is 0.119. The summed E-state index contributed by atoms with van der Waals surface area (Å²) in [5.74, 6) is -0.679. The second-order valence-electron chi connectivity index (χ2n) is 18.5. The molecule has 1 aliphatic rings. The van der Waals surface area contributed by atoms with Crippen LogP contribution in [0.5, 0.6) is 11.5 Å². The molecule has 3 aromatic carbocycles. The first-order valence-corrected chi connectivity index (χ1v) is 22.7. The molecule has 0 atom stereocenters. The highest BCUT2D eigenvalue weighted by Crippen LogP contribution is 2.48. The van der Waals surface area contributed by atoms with Crippen molar-refractivity contribution in [1.82, 2.24) is 9.55 Å². The van der Waals surface area contributed by atoms with Crippen molar-refractivity contribution in [3.8, 4) is 43.5 Å². The van der Waals surface area contributed by atoms with Gasteiger partial charge in [0.05, 0.1) is 30.8 Å². The van der Waals surface area contributed by atoms with Gasteiger partial charge in [-0.2, -0.15) is 0 Å². The van der Waals surface area contributed by atoms with Gasteiger partial charge in [-0.3, -0.25) is 4.79 Å². The Bertz CT molecular complexity index is 2900. The van der Waals surface area contributed by atoms with Crippen molar-refractivity contribution in [3.63, 3.8) is 0 Å². The highest BCUT2D eigenvalue weighted by molar-refractivity contribution is 7.16. The van der Waals surface area contributed by atoms with E-state index in [2.05, 4.69) is 10.3 Å².